The second kappa shape index (κ2) is 4.63. The largest absolute Gasteiger partial charge is 0.343 e. The molecule has 1 unspecified atom stereocenters. The molecule has 0 radical (unpaired) electrons. The molecule has 3 nitrogen and oxygen atoms in total. The smallest absolute Gasteiger partial charge is 0.168 e. The number of thioether (sulfide) groups is 1. The van der Waals surface area contributed by atoms with Gasteiger partial charge in [-0.1, -0.05) is 12.7 Å². The van der Waals surface area contributed by atoms with E-state index in [1.54, 1.807) is 6.20 Å². The van der Waals surface area contributed by atoms with Crippen molar-refractivity contribution >= 4 is 11.8 Å². The van der Waals surface area contributed by atoms with Gasteiger partial charge in [0.2, 0.25) is 0 Å². The summed E-state index contributed by atoms with van der Waals surface area (Å²) in [6.45, 7) is 8.06. The Hall–Kier alpha value is -1.34. The molecule has 68 valence electrons. The second-order valence-corrected chi connectivity index (χ2v) is 3.29. The molecular weight excluding hydrogens is 182 g/mol. The van der Waals surface area contributed by atoms with Gasteiger partial charge < -0.3 is 9.80 Å². The lowest BCUT2D eigenvalue weighted by atomic mass is 10.6. The van der Waals surface area contributed by atoms with E-state index in [1.807, 2.05) is 28.3 Å². The van der Waals surface area contributed by atoms with Crippen LogP contribution in [0.3, 0.4) is 0 Å². The van der Waals surface area contributed by atoms with E-state index in [9.17, 15) is 0 Å². The molecule has 0 saturated heterocycles. The summed E-state index contributed by atoms with van der Waals surface area (Å²) in [4.78, 5) is 3.90. The van der Waals surface area contributed by atoms with Crippen LogP contribution in [0.4, 0.5) is 0 Å². The summed E-state index contributed by atoms with van der Waals surface area (Å²) in [6.07, 6.45) is 7.33. The maximum Gasteiger partial charge on any atom is 0.168 e. The van der Waals surface area contributed by atoms with E-state index in [0.717, 1.165) is 6.54 Å². The monoisotopic (exact) mass is 193 g/mol. The quantitative estimate of drug-likeness (QED) is 0.504. The minimum Gasteiger partial charge on any atom is -0.343 e. The molecule has 4 heteroatoms. The first-order chi connectivity index (χ1) is 6.33. The summed E-state index contributed by atoms with van der Waals surface area (Å²) >= 11 is 1.20. The van der Waals surface area contributed by atoms with Gasteiger partial charge >= 0.3 is 0 Å². The number of thiocyanates is 1. The Morgan fingerprint density at radius 2 is 2.31 bits per heavy atom. The van der Waals surface area contributed by atoms with Crippen LogP contribution in [0.2, 0.25) is 0 Å². The fourth-order valence-electron chi connectivity index (χ4n) is 1.11. The maximum absolute atomic E-state index is 8.60. The lowest BCUT2D eigenvalue weighted by Gasteiger charge is -2.26. The van der Waals surface area contributed by atoms with E-state index < -0.39 is 0 Å². The molecule has 1 atom stereocenters. The molecule has 0 aliphatic carbocycles. The third-order valence-corrected chi connectivity index (χ3v) is 2.51. The zero-order valence-electron chi connectivity index (χ0n) is 7.26. The van der Waals surface area contributed by atoms with Crippen LogP contribution in [0.1, 0.15) is 0 Å². The van der Waals surface area contributed by atoms with Crippen molar-refractivity contribution in [1.82, 2.24) is 9.80 Å². The summed E-state index contributed by atoms with van der Waals surface area (Å²) < 4.78 is 0. The molecule has 1 aliphatic rings. The van der Waals surface area contributed by atoms with Gasteiger partial charge in [0.25, 0.3) is 0 Å². The zero-order valence-corrected chi connectivity index (χ0v) is 8.07. The van der Waals surface area contributed by atoms with Crippen LogP contribution in [0.15, 0.2) is 37.8 Å². The van der Waals surface area contributed by atoms with Crippen molar-refractivity contribution in [2.45, 2.75) is 5.50 Å². The van der Waals surface area contributed by atoms with Gasteiger partial charge in [0, 0.05) is 30.7 Å². The Balaban J connectivity index is 2.66. The van der Waals surface area contributed by atoms with Crippen LogP contribution in [0.25, 0.3) is 0 Å². The Morgan fingerprint density at radius 1 is 1.54 bits per heavy atom. The van der Waals surface area contributed by atoms with Crippen molar-refractivity contribution in [3.05, 3.63) is 37.8 Å². The molecule has 0 saturated carbocycles. The number of hydrogen-bond donors (Lipinski definition) is 0. The first-order valence-electron chi connectivity index (χ1n) is 3.83. The summed E-state index contributed by atoms with van der Waals surface area (Å²) in [5.74, 6) is 0. The molecule has 1 heterocycles. The molecule has 0 amide bonds. The van der Waals surface area contributed by atoms with Crippen LogP contribution < -0.4 is 0 Å². The lowest BCUT2D eigenvalue weighted by molar-refractivity contribution is 0.303. The van der Waals surface area contributed by atoms with Gasteiger partial charge in [-0.25, -0.2) is 0 Å². The highest BCUT2D eigenvalue weighted by molar-refractivity contribution is 8.04. The van der Waals surface area contributed by atoms with Gasteiger partial charge in [-0.3, -0.25) is 0 Å². The zero-order chi connectivity index (χ0) is 9.68. The highest BCUT2D eigenvalue weighted by Gasteiger charge is 2.23. The molecule has 0 bridgehead atoms. The van der Waals surface area contributed by atoms with Crippen molar-refractivity contribution in [2.75, 3.05) is 6.54 Å². The lowest BCUT2D eigenvalue weighted by Crippen LogP contribution is -2.32. The topological polar surface area (TPSA) is 30.3 Å². The van der Waals surface area contributed by atoms with Crippen molar-refractivity contribution < 1.29 is 0 Å². The third kappa shape index (κ3) is 2.07. The first kappa shape index (κ1) is 9.75. The first-order valence-corrected chi connectivity index (χ1v) is 4.71. The minimum absolute atomic E-state index is 0.000463. The van der Waals surface area contributed by atoms with Crippen LogP contribution in [-0.2, 0) is 0 Å². The van der Waals surface area contributed by atoms with E-state index in [0.29, 0.717) is 0 Å². The fraction of sp³-hybridized carbons (Fsp3) is 0.222. The van der Waals surface area contributed by atoms with E-state index in [4.69, 9.17) is 5.26 Å². The summed E-state index contributed by atoms with van der Waals surface area (Å²) in [5.41, 5.74) is 0.000463. The number of hydrogen-bond acceptors (Lipinski definition) is 4. The van der Waals surface area contributed by atoms with Gasteiger partial charge in [0.15, 0.2) is 5.50 Å². The molecule has 13 heavy (non-hydrogen) atoms. The van der Waals surface area contributed by atoms with Gasteiger partial charge in [-0.05, 0) is 6.20 Å². The van der Waals surface area contributed by atoms with Gasteiger partial charge in [-0.2, -0.15) is 5.26 Å². The Bertz CT molecular complexity index is 267. The summed E-state index contributed by atoms with van der Waals surface area (Å²) in [7, 11) is 0. The summed E-state index contributed by atoms with van der Waals surface area (Å²) in [6, 6.07) is 0. The molecule has 0 aromatic heterocycles. The van der Waals surface area contributed by atoms with Crippen molar-refractivity contribution in [2.24, 2.45) is 0 Å². The number of nitriles is 1. The normalized spacial score (nSPS) is 20.1. The van der Waals surface area contributed by atoms with E-state index in [2.05, 4.69) is 18.6 Å². The van der Waals surface area contributed by atoms with Crippen LogP contribution in [0, 0.1) is 10.7 Å². The van der Waals surface area contributed by atoms with Crippen molar-refractivity contribution in [3.8, 4) is 5.40 Å². The van der Waals surface area contributed by atoms with Gasteiger partial charge in [0.1, 0.15) is 5.40 Å². The average Bonchev–Trinajstić information content (AvgIpc) is 2.50. The standard InChI is InChI=1S/C9H11N3S/c1-3-5-12-7-6-11(4-2)9(12)13-8-10/h3-4,6-7,9H,1-2,5H2. The predicted octanol–water partition coefficient (Wildman–Crippen LogP) is 1.90. The Morgan fingerprint density at radius 3 is 2.85 bits per heavy atom. The molecule has 0 aromatic rings. The fourth-order valence-corrected chi connectivity index (χ4v) is 1.77. The Labute approximate surface area is 82.6 Å². The van der Waals surface area contributed by atoms with Crippen LogP contribution in [0.5, 0.6) is 0 Å². The highest BCUT2D eigenvalue weighted by Crippen LogP contribution is 2.24. The van der Waals surface area contributed by atoms with Crippen LogP contribution >= 0.6 is 11.8 Å². The molecule has 1 rings (SSSR count). The van der Waals surface area contributed by atoms with Crippen LogP contribution in [-0.4, -0.2) is 21.8 Å². The second-order valence-electron chi connectivity index (χ2n) is 2.45. The molecule has 0 spiro atoms. The van der Waals surface area contributed by atoms with Crippen molar-refractivity contribution in [1.29, 1.82) is 5.26 Å². The molecule has 1 aliphatic heterocycles. The van der Waals surface area contributed by atoms with Gasteiger partial charge in [0.05, 0.1) is 0 Å². The van der Waals surface area contributed by atoms with E-state index >= 15 is 0 Å². The minimum atomic E-state index is 0.000463. The van der Waals surface area contributed by atoms with Gasteiger partial charge in [-0.15, -0.1) is 6.58 Å². The molecule has 0 fully saturated rings. The number of nitrogens with zero attached hydrogens (tertiary/aromatic N) is 3. The predicted molar refractivity (Wildman–Crippen MR) is 55.1 cm³/mol. The van der Waals surface area contributed by atoms with E-state index in [-0.39, 0.29) is 5.50 Å². The Kier molecular flexibility index (Phi) is 3.47. The SMILES string of the molecule is C=CCN1C=CN(C=C)C1SC#N. The average molecular weight is 193 g/mol. The molecular formula is C9H11N3S. The van der Waals surface area contributed by atoms with E-state index in [1.165, 1.54) is 11.8 Å². The maximum atomic E-state index is 8.60. The van der Waals surface area contributed by atoms with Crippen molar-refractivity contribution in [3.63, 3.8) is 0 Å². The highest BCUT2D eigenvalue weighted by atomic mass is 32.2. The molecule has 0 N–H and O–H groups in total. The molecule has 0 aromatic carbocycles. The number of rotatable bonds is 4. The summed E-state index contributed by atoms with van der Waals surface area (Å²) in [5, 5.41) is 10.7. The third-order valence-electron chi connectivity index (χ3n) is 1.68.